The van der Waals surface area contributed by atoms with Gasteiger partial charge >= 0.3 is 0 Å². The first kappa shape index (κ1) is 11.6. The van der Waals surface area contributed by atoms with E-state index in [1.165, 1.54) is 6.33 Å². The van der Waals surface area contributed by atoms with E-state index in [1.54, 1.807) is 12.4 Å². The van der Waals surface area contributed by atoms with Crippen molar-refractivity contribution in [2.75, 3.05) is 0 Å². The van der Waals surface area contributed by atoms with Gasteiger partial charge in [-0.3, -0.25) is 4.79 Å². The molecule has 15 heavy (non-hydrogen) atoms. The number of primary amides is 1. The zero-order valence-electron chi connectivity index (χ0n) is 9.18. The molecule has 0 aromatic carbocycles. The summed E-state index contributed by atoms with van der Waals surface area (Å²) < 4.78 is 0. The van der Waals surface area contributed by atoms with Crippen LogP contribution in [0.5, 0.6) is 0 Å². The molecular weight excluding hydrogens is 190 g/mol. The molecule has 1 aromatic heterocycles. The lowest BCUT2D eigenvalue weighted by Crippen LogP contribution is -2.27. The van der Waals surface area contributed by atoms with Crippen molar-refractivity contribution < 1.29 is 4.79 Å². The van der Waals surface area contributed by atoms with E-state index in [4.69, 9.17) is 5.73 Å². The molecule has 0 saturated carbocycles. The minimum absolute atomic E-state index is 0.263. The third kappa shape index (κ3) is 2.75. The maximum absolute atomic E-state index is 11.4. The van der Waals surface area contributed by atoms with Gasteiger partial charge in [0.05, 0.1) is 5.92 Å². The van der Waals surface area contributed by atoms with Crippen LogP contribution in [0.4, 0.5) is 0 Å². The van der Waals surface area contributed by atoms with Gasteiger partial charge in [-0.2, -0.15) is 0 Å². The number of carbonyl (C=O) groups is 1. The summed E-state index contributed by atoms with van der Waals surface area (Å²) in [7, 11) is 0. The van der Waals surface area contributed by atoms with E-state index in [0.717, 1.165) is 18.4 Å². The largest absolute Gasteiger partial charge is 0.369 e. The first-order chi connectivity index (χ1) is 7.20. The predicted molar refractivity (Wildman–Crippen MR) is 58.0 cm³/mol. The second kappa shape index (κ2) is 5.44. The van der Waals surface area contributed by atoms with Gasteiger partial charge in [0, 0.05) is 18.0 Å². The number of aromatic nitrogens is 2. The van der Waals surface area contributed by atoms with Crippen LogP contribution >= 0.6 is 0 Å². The van der Waals surface area contributed by atoms with E-state index in [1.807, 2.05) is 0 Å². The third-order valence-electron chi connectivity index (χ3n) is 2.77. The summed E-state index contributed by atoms with van der Waals surface area (Å²) in [5, 5.41) is 0. The fourth-order valence-corrected chi connectivity index (χ4v) is 1.90. The van der Waals surface area contributed by atoms with Crippen LogP contribution in [0.2, 0.25) is 0 Å². The molecule has 1 unspecified atom stereocenters. The predicted octanol–water partition coefficient (Wildman–Crippen LogP) is 1.48. The highest BCUT2D eigenvalue weighted by Gasteiger charge is 2.25. The first-order valence-electron chi connectivity index (χ1n) is 5.24. The van der Waals surface area contributed by atoms with Crippen LogP contribution in [0.3, 0.4) is 0 Å². The fraction of sp³-hybridized carbons (Fsp3) is 0.545. The maximum atomic E-state index is 11.4. The summed E-state index contributed by atoms with van der Waals surface area (Å²) in [6.45, 7) is 4.13. The van der Waals surface area contributed by atoms with Crippen molar-refractivity contribution in [1.82, 2.24) is 9.97 Å². The molecule has 2 N–H and O–H groups in total. The molecule has 0 aliphatic heterocycles. The van der Waals surface area contributed by atoms with Crippen LogP contribution in [0.25, 0.3) is 0 Å². The number of hydrogen-bond donors (Lipinski definition) is 1. The van der Waals surface area contributed by atoms with Crippen molar-refractivity contribution in [1.29, 1.82) is 0 Å². The van der Waals surface area contributed by atoms with Gasteiger partial charge in [0.1, 0.15) is 6.33 Å². The van der Waals surface area contributed by atoms with Crippen LogP contribution in [0.1, 0.15) is 38.2 Å². The molecule has 4 heteroatoms. The fourth-order valence-electron chi connectivity index (χ4n) is 1.90. The van der Waals surface area contributed by atoms with Crippen LogP contribution in [-0.2, 0) is 4.79 Å². The molecule has 1 aromatic rings. The van der Waals surface area contributed by atoms with Gasteiger partial charge in [-0.25, -0.2) is 9.97 Å². The van der Waals surface area contributed by atoms with Gasteiger partial charge in [0.25, 0.3) is 0 Å². The van der Waals surface area contributed by atoms with Crippen molar-refractivity contribution in [3.8, 4) is 0 Å². The number of nitrogens with zero attached hydrogens (tertiary/aromatic N) is 2. The lowest BCUT2D eigenvalue weighted by atomic mass is 9.83. The highest BCUT2D eigenvalue weighted by atomic mass is 16.1. The molecule has 1 heterocycles. The molecule has 0 spiro atoms. The van der Waals surface area contributed by atoms with Crippen molar-refractivity contribution in [3.05, 3.63) is 24.3 Å². The SMILES string of the molecule is CCC(CC)C(C(N)=O)c1cncnc1. The monoisotopic (exact) mass is 207 g/mol. The smallest absolute Gasteiger partial charge is 0.225 e. The van der Waals surface area contributed by atoms with Crippen molar-refractivity contribution >= 4 is 5.91 Å². The van der Waals surface area contributed by atoms with E-state index in [9.17, 15) is 4.79 Å². The van der Waals surface area contributed by atoms with E-state index in [-0.39, 0.29) is 17.7 Å². The Morgan fingerprint density at radius 3 is 2.27 bits per heavy atom. The zero-order chi connectivity index (χ0) is 11.3. The number of rotatable bonds is 5. The van der Waals surface area contributed by atoms with Crippen molar-refractivity contribution in [2.24, 2.45) is 11.7 Å². The van der Waals surface area contributed by atoms with Crippen LogP contribution in [0.15, 0.2) is 18.7 Å². The Morgan fingerprint density at radius 1 is 1.33 bits per heavy atom. The summed E-state index contributed by atoms with van der Waals surface area (Å²) in [5.41, 5.74) is 6.24. The van der Waals surface area contributed by atoms with Crippen molar-refractivity contribution in [2.45, 2.75) is 32.6 Å². The minimum Gasteiger partial charge on any atom is -0.369 e. The van der Waals surface area contributed by atoms with Crippen LogP contribution in [0, 0.1) is 5.92 Å². The topological polar surface area (TPSA) is 68.9 Å². The molecular formula is C11H17N3O. The Balaban J connectivity index is 2.97. The zero-order valence-corrected chi connectivity index (χ0v) is 9.18. The molecule has 1 rings (SSSR count). The molecule has 0 aliphatic rings. The first-order valence-corrected chi connectivity index (χ1v) is 5.24. The van der Waals surface area contributed by atoms with E-state index in [2.05, 4.69) is 23.8 Å². The third-order valence-corrected chi connectivity index (χ3v) is 2.77. The van der Waals surface area contributed by atoms with Gasteiger partial charge in [-0.05, 0) is 5.92 Å². The quantitative estimate of drug-likeness (QED) is 0.795. The Kier molecular flexibility index (Phi) is 4.21. The molecule has 0 radical (unpaired) electrons. The summed E-state index contributed by atoms with van der Waals surface area (Å²) >= 11 is 0. The summed E-state index contributed by atoms with van der Waals surface area (Å²) in [5.74, 6) is -0.284. The molecule has 1 amide bonds. The summed E-state index contributed by atoms with van der Waals surface area (Å²) in [6, 6.07) is 0. The average molecular weight is 207 g/mol. The van der Waals surface area contributed by atoms with Gasteiger partial charge in [0.15, 0.2) is 0 Å². The van der Waals surface area contributed by atoms with Crippen LogP contribution in [-0.4, -0.2) is 15.9 Å². The van der Waals surface area contributed by atoms with E-state index < -0.39 is 0 Å². The van der Waals surface area contributed by atoms with Gasteiger partial charge < -0.3 is 5.73 Å². The Bertz CT molecular complexity index is 309. The molecule has 0 saturated heterocycles. The van der Waals surface area contributed by atoms with Crippen LogP contribution < -0.4 is 5.73 Å². The molecule has 82 valence electrons. The van der Waals surface area contributed by atoms with Gasteiger partial charge in [-0.1, -0.05) is 26.7 Å². The Morgan fingerprint density at radius 2 is 1.87 bits per heavy atom. The highest BCUT2D eigenvalue weighted by Crippen LogP contribution is 2.28. The molecule has 1 atom stereocenters. The second-order valence-electron chi connectivity index (χ2n) is 3.63. The molecule has 0 aliphatic carbocycles. The highest BCUT2D eigenvalue weighted by molar-refractivity contribution is 5.82. The number of carbonyl (C=O) groups excluding carboxylic acids is 1. The van der Waals surface area contributed by atoms with Crippen molar-refractivity contribution in [3.63, 3.8) is 0 Å². The molecule has 4 nitrogen and oxygen atoms in total. The lowest BCUT2D eigenvalue weighted by Gasteiger charge is -2.21. The van der Waals surface area contributed by atoms with Gasteiger partial charge in [-0.15, -0.1) is 0 Å². The van der Waals surface area contributed by atoms with E-state index >= 15 is 0 Å². The average Bonchev–Trinajstić information content (AvgIpc) is 2.26. The minimum atomic E-state index is -0.293. The summed E-state index contributed by atoms with van der Waals surface area (Å²) in [4.78, 5) is 19.3. The number of amides is 1. The second-order valence-corrected chi connectivity index (χ2v) is 3.63. The normalized spacial score (nSPS) is 12.7. The lowest BCUT2D eigenvalue weighted by molar-refractivity contribution is -0.120. The Labute approximate surface area is 89.9 Å². The number of nitrogens with two attached hydrogens (primary N) is 1. The Hall–Kier alpha value is -1.45. The standard InChI is InChI=1S/C11H17N3O/c1-3-8(4-2)10(11(12)15)9-5-13-7-14-6-9/h5-8,10H,3-4H2,1-2H3,(H2,12,15). The van der Waals surface area contributed by atoms with Gasteiger partial charge in [0.2, 0.25) is 5.91 Å². The van der Waals surface area contributed by atoms with E-state index in [0.29, 0.717) is 0 Å². The maximum Gasteiger partial charge on any atom is 0.225 e. The summed E-state index contributed by atoms with van der Waals surface area (Å²) in [6.07, 6.45) is 6.65. The molecule has 0 fully saturated rings. The molecule has 0 bridgehead atoms. The number of hydrogen-bond acceptors (Lipinski definition) is 3.